The highest BCUT2D eigenvalue weighted by molar-refractivity contribution is 5.08. The number of nitrogens with zero attached hydrogens (tertiary/aromatic N) is 3. The first-order chi connectivity index (χ1) is 7.43. The number of hydrogen-bond donors (Lipinski definition) is 0. The minimum atomic E-state index is 0.708. The van der Waals surface area contributed by atoms with E-state index in [4.69, 9.17) is 0 Å². The molecule has 0 spiro atoms. The smallest absolute Gasteiger partial charge is 0.0536 e. The van der Waals surface area contributed by atoms with E-state index in [0.29, 0.717) is 6.04 Å². The Labute approximate surface area is 90.4 Å². The van der Waals surface area contributed by atoms with Gasteiger partial charge in [0.2, 0.25) is 0 Å². The Hall–Kier alpha value is -1.09. The van der Waals surface area contributed by atoms with Gasteiger partial charge in [-0.2, -0.15) is 5.10 Å². The van der Waals surface area contributed by atoms with Crippen LogP contribution in [0.1, 0.15) is 19.3 Å². The van der Waals surface area contributed by atoms with Gasteiger partial charge in [-0.15, -0.1) is 0 Å². The maximum atomic E-state index is 4.24. The molecule has 0 radical (unpaired) electrons. The van der Waals surface area contributed by atoms with Gasteiger partial charge in [0.05, 0.1) is 6.54 Å². The predicted octanol–water partition coefficient (Wildman–Crippen LogP) is 1.68. The minimum absolute atomic E-state index is 0.708. The van der Waals surface area contributed by atoms with E-state index in [1.54, 1.807) is 0 Å². The molecule has 3 heterocycles. The maximum absolute atomic E-state index is 4.24. The molecule has 1 saturated heterocycles. The van der Waals surface area contributed by atoms with Crippen LogP contribution in [0.5, 0.6) is 0 Å². The lowest BCUT2D eigenvalue weighted by Gasteiger charge is -2.31. The minimum Gasteiger partial charge on any atom is -0.292 e. The van der Waals surface area contributed by atoms with Crippen LogP contribution in [0.15, 0.2) is 30.6 Å². The van der Waals surface area contributed by atoms with E-state index in [1.807, 2.05) is 23.1 Å². The fourth-order valence-electron chi connectivity index (χ4n) is 2.82. The zero-order valence-electron chi connectivity index (χ0n) is 8.92. The molecule has 1 fully saturated rings. The van der Waals surface area contributed by atoms with Crippen LogP contribution in [-0.4, -0.2) is 33.3 Å². The Morgan fingerprint density at radius 2 is 2.27 bits per heavy atom. The zero-order valence-corrected chi connectivity index (χ0v) is 8.92. The molecular weight excluding hydrogens is 186 g/mol. The summed E-state index contributed by atoms with van der Waals surface area (Å²) in [6.45, 7) is 2.16. The molecule has 1 aromatic heterocycles. The molecule has 0 N–H and O–H groups in total. The summed E-state index contributed by atoms with van der Waals surface area (Å²) >= 11 is 0. The van der Waals surface area contributed by atoms with E-state index >= 15 is 0 Å². The summed E-state index contributed by atoms with van der Waals surface area (Å²) in [5.74, 6) is 0. The van der Waals surface area contributed by atoms with Crippen molar-refractivity contribution in [3.05, 3.63) is 30.6 Å². The van der Waals surface area contributed by atoms with Crippen LogP contribution in [-0.2, 0) is 6.54 Å². The highest BCUT2D eigenvalue weighted by atomic mass is 15.3. The van der Waals surface area contributed by atoms with Gasteiger partial charge >= 0.3 is 0 Å². The highest BCUT2D eigenvalue weighted by Gasteiger charge is 2.32. The van der Waals surface area contributed by atoms with Gasteiger partial charge in [-0.05, 0) is 25.3 Å². The van der Waals surface area contributed by atoms with E-state index < -0.39 is 0 Å². The van der Waals surface area contributed by atoms with Gasteiger partial charge in [0, 0.05) is 31.0 Å². The van der Waals surface area contributed by atoms with Gasteiger partial charge in [-0.3, -0.25) is 9.58 Å². The van der Waals surface area contributed by atoms with Crippen LogP contribution in [0.4, 0.5) is 0 Å². The topological polar surface area (TPSA) is 21.1 Å². The summed E-state index contributed by atoms with van der Waals surface area (Å²) < 4.78 is 2.03. The Morgan fingerprint density at radius 1 is 1.27 bits per heavy atom. The third-order valence-electron chi connectivity index (χ3n) is 3.60. The Kier molecular flexibility index (Phi) is 2.33. The molecule has 80 valence electrons. The average Bonchev–Trinajstić information content (AvgIpc) is 2.82. The number of hydrogen-bond acceptors (Lipinski definition) is 2. The van der Waals surface area contributed by atoms with Crippen molar-refractivity contribution in [1.82, 2.24) is 14.7 Å². The Morgan fingerprint density at radius 3 is 3.07 bits per heavy atom. The van der Waals surface area contributed by atoms with Crippen molar-refractivity contribution in [2.24, 2.45) is 0 Å². The van der Waals surface area contributed by atoms with Crippen molar-refractivity contribution >= 4 is 0 Å². The first-order valence-corrected chi connectivity index (χ1v) is 5.83. The van der Waals surface area contributed by atoms with E-state index in [-0.39, 0.29) is 0 Å². The zero-order chi connectivity index (χ0) is 10.1. The lowest BCUT2D eigenvalue weighted by atomic mass is 10.1. The lowest BCUT2D eigenvalue weighted by Crippen LogP contribution is -2.39. The lowest BCUT2D eigenvalue weighted by molar-refractivity contribution is 0.198. The first kappa shape index (κ1) is 9.16. The summed E-state index contributed by atoms with van der Waals surface area (Å²) in [6, 6.07) is 3.50. The normalized spacial score (nSPS) is 29.9. The second kappa shape index (κ2) is 3.81. The van der Waals surface area contributed by atoms with Crippen LogP contribution in [0.25, 0.3) is 0 Å². The number of aromatic nitrogens is 2. The van der Waals surface area contributed by atoms with Crippen LogP contribution < -0.4 is 0 Å². The number of rotatable bonds is 3. The molecule has 3 nitrogen and oxygen atoms in total. The van der Waals surface area contributed by atoms with Crippen molar-refractivity contribution in [3.63, 3.8) is 0 Å². The van der Waals surface area contributed by atoms with Gasteiger partial charge in [0.25, 0.3) is 0 Å². The summed E-state index contributed by atoms with van der Waals surface area (Å²) in [5.41, 5.74) is 0. The van der Waals surface area contributed by atoms with E-state index in [9.17, 15) is 0 Å². The molecule has 3 heteroatoms. The molecule has 3 rings (SSSR count). The van der Waals surface area contributed by atoms with E-state index in [0.717, 1.165) is 19.1 Å². The third kappa shape index (κ3) is 1.72. The van der Waals surface area contributed by atoms with Gasteiger partial charge < -0.3 is 0 Å². The summed E-state index contributed by atoms with van der Waals surface area (Å²) in [5, 5.41) is 4.24. The van der Waals surface area contributed by atoms with Gasteiger partial charge in [0.1, 0.15) is 0 Å². The third-order valence-corrected chi connectivity index (χ3v) is 3.60. The van der Waals surface area contributed by atoms with Crippen molar-refractivity contribution < 1.29 is 0 Å². The standard InChI is InChI=1S/C12H17N3/c1-3-11-5-6-12(4-1)15(11)10-9-14-8-2-7-13-14/h1-3,7-8,11-12H,4-6,9-10H2. The van der Waals surface area contributed by atoms with Crippen LogP contribution in [0, 0.1) is 0 Å². The quantitative estimate of drug-likeness (QED) is 0.697. The largest absolute Gasteiger partial charge is 0.292 e. The molecular formula is C12H17N3. The fraction of sp³-hybridized carbons (Fsp3) is 0.583. The van der Waals surface area contributed by atoms with Crippen LogP contribution in [0.3, 0.4) is 0 Å². The van der Waals surface area contributed by atoms with E-state index in [1.165, 1.54) is 19.3 Å². The SMILES string of the molecule is C1=CC2CCC(C1)N2CCn1cccn1. The molecule has 2 unspecified atom stereocenters. The second-order valence-electron chi connectivity index (χ2n) is 4.47. The van der Waals surface area contributed by atoms with Crippen molar-refractivity contribution in [3.8, 4) is 0 Å². The molecule has 2 bridgehead atoms. The molecule has 2 aliphatic rings. The average molecular weight is 203 g/mol. The second-order valence-corrected chi connectivity index (χ2v) is 4.47. The predicted molar refractivity (Wildman–Crippen MR) is 59.5 cm³/mol. The molecule has 0 saturated carbocycles. The molecule has 0 aliphatic carbocycles. The van der Waals surface area contributed by atoms with E-state index in [2.05, 4.69) is 22.2 Å². The molecule has 0 aromatic carbocycles. The van der Waals surface area contributed by atoms with Gasteiger partial charge in [-0.1, -0.05) is 12.2 Å². The van der Waals surface area contributed by atoms with Crippen molar-refractivity contribution in [2.45, 2.75) is 37.9 Å². The fourth-order valence-corrected chi connectivity index (χ4v) is 2.82. The van der Waals surface area contributed by atoms with Gasteiger partial charge in [0.15, 0.2) is 0 Å². The van der Waals surface area contributed by atoms with Crippen molar-refractivity contribution in [2.75, 3.05) is 6.54 Å². The van der Waals surface area contributed by atoms with Crippen LogP contribution >= 0.6 is 0 Å². The molecule has 2 aliphatic heterocycles. The molecule has 2 atom stereocenters. The molecule has 1 aromatic rings. The van der Waals surface area contributed by atoms with Crippen molar-refractivity contribution in [1.29, 1.82) is 0 Å². The van der Waals surface area contributed by atoms with Gasteiger partial charge in [-0.25, -0.2) is 0 Å². The highest BCUT2D eigenvalue weighted by Crippen LogP contribution is 2.30. The Bertz CT molecular complexity index is 342. The molecule has 0 amide bonds. The van der Waals surface area contributed by atoms with Crippen LogP contribution in [0.2, 0.25) is 0 Å². The summed E-state index contributed by atoms with van der Waals surface area (Å²) in [7, 11) is 0. The maximum Gasteiger partial charge on any atom is 0.0536 e. The first-order valence-electron chi connectivity index (χ1n) is 5.83. The Balaban J connectivity index is 1.62. The number of fused-ring (bicyclic) bond motifs is 2. The monoisotopic (exact) mass is 203 g/mol. The summed E-state index contributed by atoms with van der Waals surface area (Å²) in [4.78, 5) is 2.64. The molecule has 15 heavy (non-hydrogen) atoms. The summed E-state index contributed by atoms with van der Waals surface area (Å²) in [6.07, 6.45) is 12.6.